The molecule has 138 valence electrons. The molecule has 0 aliphatic rings. The van der Waals surface area contributed by atoms with E-state index < -0.39 is 19.8 Å². The highest BCUT2D eigenvalue weighted by Gasteiger charge is 2.18. The lowest BCUT2D eigenvalue weighted by molar-refractivity contribution is 0.598. The summed E-state index contributed by atoms with van der Waals surface area (Å²) in [5.74, 6) is 0. The van der Waals surface area contributed by atoms with Crippen LogP contribution in [-0.2, 0) is 19.8 Å². The van der Waals surface area contributed by atoms with Crippen LogP contribution in [0.1, 0.15) is 11.1 Å². The molecule has 1 atom stereocenters. The van der Waals surface area contributed by atoms with Gasteiger partial charge in [0.1, 0.15) is 9.73 Å². The van der Waals surface area contributed by atoms with Gasteiger partial charge in [0.25, 0.3) is 10.0 Å². The van der Waals surface area contributed by atoms with E-state index in [-0.39, 0.29) is 4.90 Å². The van der Waals surface area contributed by atoms with Crippen molar-refractivity contribution in [3.05, 3.63) is 101 Å². The van der Waals surface area contributed by atoms with Crippen LogP contribution in [0.15, 0.2) is 104 Å². The average Bonchev–Trinajstić information content (AvgIpc) is 2.68. The molecule has 27 heavy (non-hydrogen) atoms. The van der Waals surface area contributed by atoms with E-state index in [1.54, 1.807) is 48.5 Å². The minimum Gasteiger partial charge on any atom is -0.239 e. The quantitative estimate of drug-likeness (QED) is 0.616. The maximum Gasteiger partial charge on any atom is 0.290 e. The highest BCUT2D eigenvalue weighted by Crippen LogP contribution is 2.22. The molecule has 3 aromatic rings. The van der Waals surface area contributed by atoms with E-state index in [1.165, 1.54) is 17.5 Å². The summed E-state index contributed by atoms with van der Waals surface area (Å²) in [6.07, 6.45) is 1.63. The standard InChI is InChI=1S/C21H19NO3S2/c1-18-12-14-21(15-13-18)27(24,25)22-26(23,20-10-6-3-7-11-20)17-16-19-8-4-2-5-9-19/h2-17H,1H3/b17-16+. The molecule has 6 heteroatoms. The van der Waals surface area contributed by atoms with Gasteiger partial charge in [-0.3, -0.25) is 0 Å². The van der Waals surface area contributed by atoms with Crippen LogP contribution in [0.2, 0.25) is 0 Å². The van der Waals surface area contributed by atoms with Gasteiger partial charge >= 0.3 is 0 Å². The van der Waals surface area contributed by atoms with Gasteiger partial charge in [0.05, 0.1) is 9.79 Å². The Balaban J connectivity index is 2.15. The summed E-state index contributed by atoms with van der Waals surface area (Å²) in [4.78, 5) is 0.359. The summed E-state index contributed by atoms with van der Waals surface area (Å²) in [6.45, 7) is 1.86. The third kappa shape index (κ3) is 4.72. The molecule has 0 aliphatic heterocycles. The van der Waals surface area contributed by atoms with Crippen LogP contribution >= 0.6 is 0 Å². The van der Waals surface area contributed by atoms with Crippen molar-refractivity contribution in [2.24, 2.45) is 3.77 Å². The summed E-state index contributed by atoms with van der Waals surface area (Å²) in [5, 5.41) is 1.36. The monoisotopic (exact) mass is 397 g/mol. The van der Waals surface area contributed by atoms with Gasteiger partial charge in [-0.25, -0.2) is 4.21 Å². The highest BCUT2D eigenvalue weighted by atomic mass is 32.3. The predicted molar refractivity (Wildman–Crippen MR) is 109 cm³/mol. The molecule has 0 saturated carbocycles. The van der Waals surface area contributed by atoms with Gasteiger partial charge in [0, 0.05) is 5.41 Å². The Labute approximate surface area is 160 Å². The van der Waals surface area contributed by atoms with Crippen LogP contribution in [0, 0.1) is 6.92 Å². The zero-order chi connectivity index (χ0) is 19.3. The second-order valence-corrected chi connectivity index (χ2v) is 9.86. The van der Waals surface area contributed by atoms with Crippen LogP contribution < -0.4 is 0 Å². The molecule has 0 aliphatic carbocycles. The Morgan fingerprint density at radius 3 is 1.85 bits per heavy atom. The molecule has 0 bridgehead atoms. The van der Waals surface area contributed by atoms with Crippen LogP contribution in [0.4, 0.5) is 0 Å². The predicted octanol–water partition coefficient (Wildman–Crippen LogP) is 4.88. The molecular formula is C21H19NO3S2. The van der Waals surface area contributed by atoms with E-state index in [2.05, 4.69) is 3.77 Å². The molecule has 3 aromatic carbocycles. The maximum atomic E-state index is 13.6. The third-order valence-electron chi connectivity index (χ3n) is 3.85. The first kappa shape index (κ1) is 19.1. The van der Waals surface area contributed by atoms with Gasteiger partial charge in [-0.05, 0) is 42.8 Å². The van der Waals surface area contributed by atoms with E-state index >= 15 is 0 Å². The Morgan fingerprint density at radius 2 is 1.26 bits per heavy atom. The smallest absolute Gasteiger partial charge is 0.239 e. The molecule has 0 saturated heterocycles. The third-order valence-corrected chi connectivity index (χ3v) is 7.84. The molecule has 1 unspecified atom stereocenters. The van der Waals surface area contributed by atoms with Crippen LogP contribution in [0.25, 0.3) is 6.08 Å². The SMILES string of the molecule is Cc1ccc(S(=O)(=O)N=S(=O)(/C=C/c2ccccc2)c2ccccc2)cc1. The fraction of sp³-hybridized carbons (Fsp3) is 0.0476. The number of hydrogen-bond donors (Lipinski definition) is 0. The van der Waals surface area contributed by atoms with Gasteiger partial charge < -0.3 is 0 Å². The fourth-order valence-electron chi connectivity index (χ4n) is 2.40. The highest BCUT2D eigenvalue weighted by molar-refractivity contribution is 8.05. The first-order valence-electron chi connectivity index (χ1n) is 8.27. The zero-order valence-electron chi connectivity index (χ0n) is 14.7. The number of hydrogen-bond acceptors (Lipinski definition) is 3. The normalized spacial score (nSPS) is 14.0. The van der Waals surface area contributed by atoms with Crippen molar-refractivity contribution < 1.29 is 12.6 Å². The number of aryl methyl sites for hydroxylation is 1. The van der Waals surface area contributed by atoms with Gasteiger partial charge in [0.2, 0.25) is 0 Å². The summed E-state index contributed by atoms with van der Waals surface area (Å²) in [5.41, 5.74) is 1.74. The van der Waals surface area contributed by atoms with E-state index in [4.69, 9.17) is 0 Å². The van der Waals surface area contributed by atoms with E-state index in [0.717, 1.165) is 11.1 Å². The first-order chi connectivity index (χ1) is 12.9. The summed E-state index contributed by atoms with van der Waals surface area (Å²) < 4.78 is 43.0. The zero-order valence-corrected chi connectivity index (χ0v) is 16.4. The van der Waals surface area contributed by atoms with Gasteiger partial charge in [-0.1, -0.05) is 70.0 Å². The van der Waals surface area contributed by atoms with Gasteiger partial charge in [-0.2, -0.15) is 8.42 Å². The van der Waals surface area contributed by atoms with Crippen molar-refractivity contribution in [1.82, 2.24) is 0 Å². The van der Waals surface area contributed by atoms with Crippen molar-refractivity contribution in [1.29, 1.82) is 0 Å². The van der Waals surface area contributed by atoms with E-state index in [9.17, 15) is 12.6 Å². The minimum absolute atomic E-state index is 0.0184. The number of sulfonamides is 1. The second kappa shape index (κ2) is 7.90. The van der Waals surface area contributed by atoms with Crippen molar-refractivity contribution >= 4 is 25.8 Å². The molecule has 0 spiro atoms. The van der Waals surface area contributed by atoms with E-state index in [1.807, 2.05) is 37.3 Å². The van der Waals surface area contributed by atoms with Crippen molar-refractivity contribution in [3.8, 4) is 0 Å². The van der Waals surface area contributed by atoms with Crippen molar-refractivity contribution in [2.75, 3.05) is 0 Å². The largest absolute Gasteiger partial charge is 0.290 e. The Kier molecular flexibility index (Phi) is 5.58. The molecule has 0 radical (unpaired) electrons. The molecule has 3 rings (SSSR count). The Bertz CT molecular complexity index is 1160. The maximum absolute atomic E-state index is 13.6. The molecule has 0 amide bonds. The van der Waals surface area contributed by atoms with E-state index in [0.29, 0.717) is 4.90 Å². The number of benzene rings is 3. The van der Waals surface area contributed by atoms with Crippen LogP contribution in [-0.4, -0.2) is 12.6 Å². The lowest BCUT2D eigenvalue weighted by Crippen LogP contribution is -2.04. The van der Waals surface area contributed by atoms with Crippen LogP contribution in [0.5, 0.6) is 0 Å². The van der Waals surface area contributed by atoms with Crippen molar-refractivity contribution in [3.63, 3.8) is 0 Å². The molecule has 4 nitrogen and oxygen atoms in total. The second-order valence-electron chi connectivity index (χ2n) is 5.96. The summed E-state index contributed by atoms with van der Waals surface area (Å²) >= 11 is 0. The molecular weight excluding hydrogens is 378 g/mol. The minimum atomic E-state index is -4.09. The van der Waals surface area contributed by atoms with Gasteiger partial charge in [-0.15, -0.1) is 0 Å². The topological polar surface area (TPSA) is 63.6 Å². The molecule has 0 fully saturated rings. The van der Waals surface area contributed by atoms with Crippen molar-refractivity contribution in [2.45, 2.75) is 16.7 Å². The number of rotatable bonds is 5. The first-order valence-corrected chi connectivity index (χ1v) is 11.3. The molecule has 0 aromatic heterocycles. The number of nitrogens with zero attached hydrogens (tertiary/aromatic N) is 1. The van der Waals surface area contributed by atoms with Gasteiger partial charge in [0.15, 0.2) is 0 Å². The lowest BCUT2D eigenvalue weighted by atomic mass is 10.2. The Hall–Kier alpha value is -2.70. The lowest BCUT2D eigenvalue weighted by Gasteiger charge is -2.07. The summed E-state index contributed by atoms with van der Waals surface area (Å²) in [7, 11) is -7.41. The average molecular weight is 398 g/mol. The van der Waals surface area contributed by atoms with Crippen LogP contribution in [0.3, 0.4) is 0 Å². The Morgan fingerprint density at radius 1 is 0.704 bits per heavy atom. The molecule has 0 N–H and O–H groups in total. The molecule has 0 heterocycles. The summed E-state index contributed by atoms with van der Waals surface area (Å²) in [6, 6.07) is 24.0. The fourth-order valence-corrected chi connectivity index (χ4v) is 5.98.